The maximum absolute atomic E-state index is 11.7. The molecule has 0 radical (unpaired) electrons. The lowest BCUT2D eigenvalue weighted by molar-refractivity contribution is -0.120. The molecule has 21 heavy (non-hydrogen) atoms. The van der Waals surface area contributed by atoms with Crippen molar-refractivity contribution in [1.29, 1.82) is 0 Å². The Bertz CT molecular complexity index is 541. The van der Waals surface area contributed by atoms with Crippen LogP contribution in [-0.2, 0) is 22.4 Å². The SMILES string of the molecule is C=C(C)C.CCc1cccc(CC)c1N1C(=O)C=CC1=O. The number of allylic oxidation sites excluding steroid dienone is 1. The zero-order valence-corrected chi connectivity index (χ0v) is 13.3. The molecule has 0 saturated carbocycles. The molecular weight excluding hydrogens is 262 g/mol. The number of hydrogen-bond donors (Lipinski definition) is 0. The summed E-state index contributed by atoms with van der Waals surface area (Å²) in [5.74, 6) is -0.490. The van der Waals surface area contributed by atoms with E-state index < -0.39 is 0 Å². The number of aryl methyl sites for hydroxylation is 2. The minimum Gasteiger partial charge on any atom is -0.269 e. The molecule has 0 saturated heterocycles. The summed E-state index contributed by atoms with van der Waals surface area (Å²) in [6.07, 6.45) is 4.27. The predicted molar refractivity (Wildman–Crippen MR) is 87.3 cm³/mol. The van der Waals surface area contributed by atoms with Crippen LogP contribution < -0.4 is 4.90 Å². The standard InChI is InChI=1S/C14H15NO2.C4H8/c1-3-10-6-5-7-11(4-2)14(10)15-12(16)8-9-13(15)17;1-4(2)3/h5-9H,3-4H2,1-2H3;1H2,2-3H3. The summed E-state index contributed by atoms with van der Waals surface area (Å²) in [4.78, 5) is 24.8. The Balaban J connectivity index is 0.000000491. The first-order chi connectivity index (χ1) is 9.92. The van der Waals surface area contributed by atoms with Gasteiger partial charge in [-0.1, -0.05) is 37.6 Å². The molecule has 0 atom stereocenters. The van der Waals surface area contributed by atoms with E-state index in [2.05, 4.69) is 6.58 Å². The molecule has 0 N–H and O–H groups in total. The van der Waals surface area contributed by atoms with E-state index >= 15 is 0 Å². The van der Waals surface area contributed by atoms with Crippen LogP contribution >= 0.6 is 0 Å². The normalized spacial score (nSPS) is 13.2. The Kier molecular flexibility index (Phi) is 6.10. The number of benzene rings is 1. The molecule has 0 unspecified atom stereocenters. The van der Waals surface area contributed by atoms with Gasteiger partial charge >= 0.3 is 0 Å². The summed E-state index contributed by atoms with van der Waals surface area (Å²) < 4.78 is 0. The Hall–Kier alpha value is -2.16. The molecule has 1 aliphatic rings. The van der Waals surface area contributed by atoms with E-state index in [-0.39, 0.29) is 11.8 Å². The van der Waals surface area contributed by atoms with Gasteiger partial charge in [-0.2, -0.15) is 0 Å². The monoisotopic (exact) mass is 285 g/mol. The van der Waals surface area contributed by atoms with E-state index in [1.165, 1.54) is 22.6 Å². The molecule has 0 aromatic heterocycles. The molecular formula is C18H23NO2. The van der Waals surface area contributed by atoms with Crippen LogP contribution in [0.1, 0.15) is 38.8 Å². The molecule has 1 aliphatic heterocycles. The Morgan fingerprint density at radius 2 is 1.38 bits per heavy atom. The third-order valence-corrected chi connectivity index (χ3v) is 3.00. The molecule has 0 fully saturated rings. The van der Waals surface area contributed by atoms with E-state index in [1.807, 2.05) is 45.9 Å². The number of para-hydroxylation sites is 1. The first kappa shape index (κ1) is 16.9. The van der Waals surface area contributed by atoms with Gasteiger partial charge in [0.15, 0.2) is 0 Å². The van der Waals surface area contributed by atoms with Crippen LogP contribution in [-0.4, -0.2) is 11.8 Å². The van der Waals surface area contributed by atoms with Crippen molar-refractivity contribution < 1.29 is 9.59 Å². The molecule has 0 aliphatic carbocycles. The predicted octanol–water partition coefficient (Wildman–Crippen LogP) is 3.82. The molecule has 1 aromatic carbocycles. The zero-order chi connectivity index (χ0) is 16.0. The molecule has 0 bridgehead atoms. The van der Waals surface area contributed by atoms with Gasteiger partial charge in [-0.25, -0.2) is 4.90 Å². The van der Waals surface area contributed by atoms with E-state index in [1.54, 1.807) is 0 Å². The van der Waals surface area contributed by atoms with Gasteiger partial charge in [0.2, 0.25) is 0 Å². The molecule has 0 spiro atoms. The van der Waals surface area contributed by atoms with Crippen LogP contribution in [0.15, 0.2) is 42.5 Å². The molecule has 3 heteroatoms. The van der Waals surface area contributed by atoms with E-state index in [0.29, 0.717) is 0 Å². The molecule has 112 valence electrons. The quantitative estimate of drug-likeness (QED) is 0.625. The second kappa shape index (κ2) is 7.58. The summed E-state index contributed by atoms with van der Waals surface area (Å²) in [7, 11) is 0. The van der Waals surface area contributed by atoms with Gasteiger partial charge in [-0.3, -0.25) is 9.59 Å². The van der Waals surface area contributed by atoms with Crippen molar-refractivity contribution in [3.8, 4) is 0 Å². The topological polar surface area (TPSA) is 37.4 Å². The van der Waals surface area contributed by atoms with Crippen LogP contribution in [0, 0.1) is 0 Å². The fraction of sp³-hybridized carbons (Fsp3) is 0.333. The number of anilines is 1. The van der Waals surface area contributed by atoms with Crippen LogP contribution in [0.3, 0.4) is 0 Å². The van der Waals surface area contributed by atoms with Crippen molar-refractivity contribution in [3.05, 3.63) is 53.6 Å². The van der Waals surface area contributed by atoms with Gasteiger partial charge in [-0.05, 0) is 37.8 Å². The molecule has 2 rings (SSSR count). The molecule has 2 amide bonds. The van der Waals surface area contributed by atoms with E-state index in [0.717, 1.165) is 29.7 Å². The number of imide groups is 1. The van der Waals surface area contributed by atoms with Crippen LogP contribution in [0.25, 0.3) is 0 Å². The second-order valence-corrected chi connectivity index (χ2v) is 5.18. The smallest absolute Gasteiger partial charge is 0.258 e. The maximum atomic E-state index is 11.7. The van der Waals surface area contributed by atoms with Gasteiger partial charge in [-0.15, -0.1) is 6.58 Å². The zero-order valence-electron chi connectivity index (χ0n) is 13.3. The van der Waals surface area contributed by atoms with Crippen LogP contribution in [0.2, 0.25) is 0 Å². The average Bonchev–Trinajstić information content (AvgIpc) is 2.76. The first-order valence-corrected chi connectivity index (χ1v) is 7.21. The summed E-state index contributed by atoms with van der Waals surface area (Å²) in [5, 5.41) is 0. The summed E-state index contributed by atoms with van der Waals surface area (Å²) in [6.45, 7) is 11.5. The van der Waals surface area contributed by atoms with Crippen molar-refractivity contribution in [3.63, 3.8) is 0 Å². The third-order valence-electron chi connectivity index (χ3n) is 3.00. The van der Waals surface area contributed by atoms with Gasteiger partial charge in [0.05, 0.1) is 5.69 Å². The molecule has 3 nitrogen and oxygen atoms in total. The van der Waals surface area contributed by atoms with Crippen molar-refractivity contribution >= 4 is 17.5 Å². The minimum absolute atomic E-state index is 0.245. The largest absolute Gasteiger partial charge is 0.269 e. The fourth-order valence-corrected chi connectivity index (χ4v) is 2.12. The van der Waals surface area contributed by atoms with Gasteiger partial charge < -0.3 is 0 Å². The number of carbonyl (C=O) groups is 2. The van der Waals surface area contributed by atoms with E-state index in [4.69, 9.17) is 0 Å². The summed E-state index contributed by atoms with van der Waals surface area (Å²) in [6, 6.07) is 5.90. The minimum atomic E-state index is -0.245. The third kappa shape index (κ3) is 4.15. The van der Waals surface area contributed by atoms with Crippen molar-refractivity contribution in [2.75, 3.05) is 4.90 Å². The van der Waals surface area contributed by atoms with Crippen molar-refractivity contribution in [2.24, 2.45) is 0 Å². The Morgan fingerprint density at radius 3 is 1.71 bits per heavy atom. The first-order valence-electron chi connectivity index (χ1n) is 7.21. The number of rotatable bonds is 3. The summed E-state index contributed by atoms with van der Waals surface area (Å²) in [5.41, 5.74) is 4.02. The maximum Gasteiger partial charge on any atom is 0.258 e. The van der Waals surface area contributed by atoms with Crippen molar-refractivity contribution in [2.45, 2.75) is 40.5 Å². The van der Waals surface area contributed by atoms with Gasteiger partial charge in [0.25, 0.3) is 11.8 Å². The molecule has 1 aromatic rings. The van der Waals surface area contributed by atoms with Crippen LogP contribution in [0.4, 0.5) is 5.69 Å². The fourth-order valence-electron chi connectivity index (χ4n) is 2.12. The lowest BCUT2D eigenvalue weighted by Crippen LogP contribution is -2.31. The lowest BCUT2D eigenvalue weighted by Gasteiger charge is -2.21. The number of nitrogens with zero attached hydrogens (tertiary/aromatic N) is 1. The highest BCUT2D eigenvalue weighted by Gasteiger charge is 2.28. The second-order valence-electron chi connectivity index (χ2n) is 5.18. The highest BCUT2D eigenvalue weighted by atomic mass is 16.2. The van der Waals surface area contributed by atoms with Crippen LogP contribution in [0.5, 0.6) is 0 Å². The average molecular weight is 285 g/mol. The summed E-state index contributed by atoms with van der Waals surface area (Å²) >= 11 is 0. The van der Waals surface area contributed by atoms with Crippen molar-refractivity contribution in [1.82, 2.24) is 0 Å². The molecule has 1 heterocycles. The Labute approximate surface area is 127 Å². The number of amides is 2. The lowest BCUT2D eigenvalue weighted by atomic mass is 10.0. The van der Waals surface area contributed by atoms with Gasteiger partial charge in [0, 0.05) is 12.2 Å². The number of carbonyl (C=O) groups excluding carboxylic acids is 2. The van der Waals surface area contributed by atoms with E-state index in [9.17, 15) is 9.59 Å². The highest BCUT2D eigenvalue weighted by Crippen LogP contribution is 2.29. The number of hydrogen-bond acceptors (Lipinski definition) is 2. The Morgan fingerprint density at radius 1 is 1.00 bits per heavy atom. The van der Waals surface area contributed by atoms with Gasteiger partial charge in [0.1, 0.15) is 0 Å². The highest BCUT2D eigenvalue weighted by molar-refractivity contribution is 6.28.